The van der Waals surface area contributed by atoms with Gasteiger partial charge in [-0.15, -0.1) is 0 Å². The van der Waals surface area contributed by atoms with Crippen LogP contribution in [0.4, 0.5) is 11.4 Å². The quantitative estimate of drug-likeness (QED) is 0.606. The first-order chi connectivity index (χ1) is 9.51. The molecule has 1 amide bonds. The molecular formula is C14H12ClIN2O2. The Hall–Kier alpha value is -1.47. The van der Waals surface area contributed by atoms with Crippen LogP contribution in [0.1, 0.15) is 10.4 Å². The lowest BCUT2D eigenvalue weighted by Crippen LogP contribution is -2.15. The number of methoxy groups -OCH3 is 1. The fraction of sp³-hybridized carbons (Fsp3) is 0.0714. The number of carbonyl (C=O) groups is 1. The molecule has 2 aromatic carbocycles. The molecule has 0 spiro atoms. The zero-order valence-electron chi connectivity index (χ0n) is 10.6. The minimum absolute atomic E-state index is 0.290. The van der Waals surface area contributed by atoms with Crippen molar-refractivity contribution in [3.8, 4) is 5.75 Å². The fourth-order valence-electron chi connectivity index (χ4n) is 1.64. The molecule has 0 bridgehead atoms. The molecule has 0 heterocycles. The average Bonchev–Trinajstić information content (AvgIpc) is 2.42. The van der Waals surface area contributed by atoms with Crippen LogP contribution in [0.15, 0.2) is 36.4 Å². The lowest BCUT2D eigenvalue weighted by Gasteiger charge is -2.10. The van der Waals surface area contributed by atoms with Crippen LogP contribution in [-0.4, -0.2) is 13.0 Å². The summed E-state index contributed by atoms with van der Waals surface area (Å²) in [4.78, 5) is 12.3. The summed E-state index contributed by atoms with van der Waals surface area (Å²) in [5, 5.41) is 3.42. The summed E-state index contributed by atoms with van der Waals surface area (Å²) >= 11 is 7.99. The average molecular weight is 403 g/mol. The molecule has 2 aromatic rings. The van der Waals surface area contributed by atoms with Crippen molar-refractivity contribution < 1.29 is 9.53 Å². The van der Waals surface area contributed by atoms with Crippen LogP contribution in [0.2, 0.25) is 5.02 Å². The second-order valence-corrected chi connectivity index (χ2v) is 5.63. The Morgan fingerprint density at radius 3 is 2.70 bits per heavy atom. The molecule has 0 aliphatic carbocycles. The van der Waals surface area contributed by atoms with Crippen LogP contribution in [0, 0.1) is 3.57 Å². The highest BCUT2D eigenvalue weighted by Gasteiger charge is 2.12. The van der Waals surface area contributed by atoms with Gasteiger partial charge in [0, 0.05) is 14.3 Å². The number of hydrogen-bond acceptors (Lipinski definition) is 3. The predicted octanol–water partition coefficient (Wildman–Crippen LogP) is 3.79. The third-order valence-electron chi connectivity index (χ3n) is 2.68. The number of nitrogens with two attached hydrogens (primary N) is 1. The Balaban J connectivity index is 2.28. The second kappa shape index (κ2) is 6.32. The molecule has 0 aliphatic heterocycles. The summed E-state index contributed by atoms with van der Waals surface area (Å²) in [5.74, 6) is 0.289. The van der Waals surface area contributed by atoms with E-state index in [9.17, 15) is 4.79 Å². The van der Waals surface area contributed by atoms with Gasteiger partial charge in [-0.3, -0.25) is 4.79 Å². The molecule has 0 fully saturated rings. The van der Waals surface area contributed by atoms with E-state index in [1.165, 1.54) is 7.11 Å². The van der Waals surface area contributed by atoms with Crippen molar-refractivity contribution in [2.75, 3.05) is 18.2 Å². The van der Waals surface area contributed by atoms with Crippen LogP contribution in [0.5, 0.6) is 5.75 Å². The van der Waals surface area contributed by atoms with Crippen molar-refractivity contribution in [2.45, 2.75) is 0 Å². The maximum Gasteiger partial charge on any atom is 0.257 e. The van der Waals surface area contributed by atoms with Gasteiger partial charge in [-0.25, -0.2) is 0 Å². The molecule has 0 aromatic heterocycles. The van der Waals surface area contributed by atoms with Crippen molar-refractivity contribution in [3.63, 3.8) is 0 Å². The standard InChI is InChI=1S/C14H12ClIN2O2/c1-20-9-3-4-12(17)10(7-9)14(19)18-13-5-2-8(15)6-11(13)16/h2-7H,17H2,1H3,(H,18,19). The van der Waals surface area contributed by atoms with Crippen molar-refractivity contribution in [2.24, 2.45) is 0 Å². The number of amides is 1. The summed E-state index contributed by atoms with van der Waals surface area (Å²) < 4.78 is 5.95. The number of nitrogens with one attached hydrogen (secondary N) is 1. The lowest BCUT2D eigenvalue weighted by molar-refractivity contribution is 0.102. The molecule has 2 rings (SSSR count). The van der Waals surface area contributed by atoms with Gasteiger partial charge in [0.2, 0.25) is 0 Å². The normalized spacial score (nSPS) is 10.2. The molecule has 6 heteroatoms. The van der Waals surface area contributed by atoms with E-state index in [1.807, 2.05) is 0 Å². The maximum absolute atomic E-state index is 12.3. The van der Waals surface area contributed by atoms with Crippen LogP contribution >= 0.6 is 34.2 Å². The number of anilines is 2. The van der Waals surface area contributed by atoms with E-state index in [1.54, 1.807) is 36.4 Å². The number of nitrogen functional groups attached to an aromatic ring is 1. The largest absolute Gasteiger partial charge is 0.497 e. The van der Waals surface area contributed by atoms with Crippen molar-refractivity contribution in [1.29, 1.82) is 0 Å². The highest BCUT2D eigenvalue weighted by molar-refractivity contribution is 14.1. The van der Waals surface area contributed by atoms with E-state index in [4.69, 9.17) is 22.1 Å². The minimum Gasteiger partial charge on any atom is -0.497 e. The van der Waals surface area contributed by atoms with Gasteiger partial charge < -0.3 is 15.8 Å². The Morgan fingerprint density at radius 2 is 2.05 bits per heavy atom. The van der Waals surface area contributed by atoms with Crippen molar-refractivity contribution in [3.05, 3.63) is 50.6 Å². The molecule has 0 radical (unpaired) electrons. The number of carbonyl (C=O) groups excluding carboxylic acids is 1. The number of rotatable bonds is 3. The van der Waals surface area contributed by atoms with Crippen LogP contribution in [0.3, 0.4) is 0 Å². The van der Waals surface area contributed by atoms with Crippen molar-refractivity contribution >= 4 is 51.5 Å². The van der Waals surface area contributed by atoms with Gasteiger partial charge in [-0.2, -0.15) is 0 Å². The molecule has 3 N–H and O–H groups in total. The SMILES string of the molecule is COc1ccc(N)c(C(=O)Nc2ccc(Cl)cc2I)c1. The molecule has 0 saturated carbocycles. The fourth-order valence-corrected chi connectivity index (χ4v) is 2.65. The molecule has 0 atom stereocenters. The van der Waals surface area contributed by atoms with E-state index in [0.717, 1.165) is 3.57 Å². The molecular weight excluding hydrogens is 391 g/mol. The van der Waals surface area contributed by atoms with Crippen LogP contribution in [0.25, 0.3) is 0 Å². The first-order valence-corrected chi connectivity index (χ1v) is 7.17. The number of ether oxygens (including phenoxy) is 1. The predicted molar refractivity (Wildman–Crippen MR) is 89.5 cm³/mol. The summed E-state index contributed by atoms with van der Waals surface area (Å²) in [6.07, 6.45) is 0. The molecule has 104 valence electrons. The van der Waals surface area contributed by atoms with Gasteiger partial charge in [0.25, 0.3) is 5.91 Å². The monoisotopic (exact) mass is 402 g/mol. The summed E-state index contributed by atoms with van der Waals surface area (Å²) in [6, 6.07) is 10.2. The second-order valence-electron chi connectivity index (χ2n) is 4.03. The molecule has 0 aliphatic rings. The zero-order valence-corrected chi connectivity index (χ0v) is 13.5. The third-order valence-corrected chi connectivity index (χ3v) is 3.81. The Kier molecular flexibility index (Phi) is 4.72. The highest BCUT2D eigenvalue weighted by Crippen LogP contribution is 2.25. The van der Waals surface area contributed by atoms with Gasteiger partial charge >= 0.3 is 0 Å². The van der Waals surface area contributed by atoms with Gasteiger partial charge in [-0.1, -0.05) is 11.6 Å². The Bertz CT molecular complexity index is 662. The molecule has 20 heavy (non-hydrogen) atoms. The van der Waals surface area contributed by atoms with Gasteiger partial charge in [-0.05, 0) is 59.0 Å². The van der Waals surface area contributed by atoms with Gasteiger partial charge in [0.15, 0.2) is 0 Å². The summed E-state index contributed by atoms with van der Waals surface area (Å²) in [6.45, 7) is 0. The van der Waals surface area contributed by atoms with E-state index < -0.39 is 0 Å². The van der Waals surface area contributed by atoms with E-state index >= 15 is 0 Å². The molecule has 4 nitrogen and oxygen atoms in total. The Labute approximate surface area is 135 Å². The van der Waals surface area contributed by atoms with Crippen molar-refractivity contribution in [1.82, 2.24) is 0 Å². The first-order valence-electron chi connectivity index (χ1n) is 5.71. The summed E-state index contributed by atoms with van der Waals surface area (Å²) in [5.41, 5.74) is 7.27. The smallest absolute Gasteiger partial charge is 0.257 e. The highest BCUT2D eigenvalue weighted by atomic mass is 127. The number of hydrogen-bond donors (Lipinski definition) is 2. The van der Waals surface area contributed by atoms with E-state index in [2.05, 4.69) is 27.9 Å². The van der Waals surface area contributed by atoms with Gasteiger partial charge in [0.1, 0.15) is 5.75 Å². The molecule has 0 saturated heterocycles. The Morgan fingerprint density at radius 1 is 1.30 bits per heavy atom. The van der Waals surface area contributed by atoms with E-state index in [0.29, 0.717) is 27.7 Å². The zero-order chi connectivity index (χ0) is 14.7. The first kappa shape index (κ1) is 14.9. The lowest BCUT2D eigenvalue weighted by atomic mass is 10.1. The van der Waals surface area contributed by atoms with Gasteiger partial charge in [0.05, 0.1) is 18.4 Å². The third kappa shape index (κ3) is 3.34. The molecule has 0 unspecified atom stereocenters. The maximum atomic E-state index is 12.3. The van der Waals surface area contributed by atoms with Crippen LogP contribution < -0.4 is 15.8 Å². The summed E-state index contributed by atoms with van der Waals surface area (Å²) in [7, 11) is 1.54. The van der Waals surface area contributed by atoms with E-state index in [-0.39, 0.29) is 5.91 Å². The number of halogens is 2. The topological polar surface area (TPSA) is 64.3 Å². The minimum atomic E-state index is -0.290. The number of benzene rings is 2. The van der Waals surface area contributed by atoms with Crippen LogP contribution in [-0.2, 0) is 0 Å².